The molecule has 1 saturated carbocycles. The molecule has 4 unspecified atom stereocenters. The minimum Gasteiger partial charge on any atom is -0.466 e. The van der Waals surface area contributed by atoms with Crippen LogP contribution in [0.1, 0.15) is 34.6 Å². The van der Waals surface area contributed by atoms with Gasteiger partial charge in [-0.3, -0.25) is 10.1 Å². The number of alkyl carbamates (subject to hydrolysis) is 1. The van der Waals surface area contributed by atoms with Crippen LogP contribution >= 0.6 is 0 Å². The lowest BCUT2D eigenvalue weighted by Crippen LogP contribution is -2.46. The van der Waals surface area contributed by atoms with Crippen LogP contribution in [-0.2, 0) is 28.5 Å². The first-order valence-corrected chi connectivity index (χ1v) is 12.3. The summed E-state index contributed by atoms with van der Waals surface area (Å²) in [6.45, 7) is 8.42. The highest BCUT2D eigenvalue weighted by molar-refractivity contribution is 6.00. The van der Waals surface area contributed by atoms with Crippen molar-refractivity contribution in [2.75, 3.05) is 25.1 Å². The van der Waals surface area contributed by atoms with Crippen LogP contribution in [0.25, 0.3) is 10.8 Å². The van der Waals surface area contributed by atoms with Gasteiger partial charge in [0.2, 0.25) is 0 Å². The molecular weight excluding hydrogens is 480 g/mol. The van der Waals surface area contributed by atoms with Crippen LogP contribution in [0.15, 0.2) is 42.5 Å². The summed E-state index contributed by atoms with van der Waals surface area (Å²) >= 11 is 0. The number of anilines is 1. The van der Waals surface area contributed by atoms with E-state index in [2.05, 4.69) is 10.6 Å². The summed E-state index contributed by atoms with van der Waals surface area (Å²) in [6, 6.07) is 11.9. The number of ether oxygens (including phenoxy) is 4. The summed E-state index contributed by atoms with van der Waals surface area (Å²) in [5.74, 6) is -3.29. The van der Waals surface area contributed by atoms with Crippen LogP contribution in [0.5, 0.6) is 0 Å². The van der Waals surface area contributed by atoms with Crippen LogP contribution < -0.4 is 10.6 Å². The van der Waals surface area contributed by atoms with Gasteiger partial charge in [0, 0.05) is 17.2 Å². The van der Waals surface area contributed by atoms with Crippen LogP contribution in [0, 0.1) is 17.8 Å². The van der Waals surface area contributed by atoms with Gasteiger partial charge in [0.05, 0.1) is 31.4 Å². The number of hydrogen-bond acceptors (Lipinski definition) is 8. The summed E-state index contributed by atoms with van der Waals surface area (Å²) < 4.78 is 21.0. The normalized spacial score (nSPS) is 19.3. The Morgan fingerprint density at radius 3 is 2.24 bits per heavy atom. The van der Waals surface area contributed by atoms with E-state index in [4.69, 9.17) is 18.9 Å². The van der Waals surface area contributed by atoms with Crippen LogP contribution in [0.2, 0.25) is 0 Å². The third kappa shape index (κ3) is 7.34. The standard InChI is InChI=1S/C27H34N2O8/c1-6-34-23(30)21-18(20(21)22(24(31)35-7-2)29-26(33)37-27(3,4)5)15-36-25(32)28-19-14-10-12-16-11-8-9-13-17(16)19/h8-14,18,20-22H,6-7,15H2,1-5H3,(H,28,32)(H,29,33). The molecule has 10 heteroatoms. The molecule has 2 aromatic carbocycles. The summed E-state index contributed by atoms with van der Waals surface area (Å²) in [5.41, 5.74) is -0.219. The molecule has 0 radical (unpaired) electrons. The molecule has 2 N–H and O–H groups in total. The number of esters is 2. The average molecular weight is 515 g/mol. The Labute approximate surface area is 216 Å². The SMILES string of the molecule is CCOC(=O)C(NC(=O)OC(C)(C)C)C1C(COC(=O)Nc2cccc3ccccc23)C1C(=O)OCC. The molecule has 0 heterocycles. The molecule has 10 nitrogen and oxygen atoms in total. The number of amides is 2. The number of carbonyl (C=O) groups excluding carboxylic acids is 4. The second kappa shape index (κ2) is 11.9. The molecule has 1 fully saturated rings. The minimum absolute atomic E-state index is 0.0801. The zero-order valence-electron chi connectivity index (χ0n) is 21.7. The maximum atomic E-state index is 12.7. The summed E-state index contributed by atoms with van der Waals surface area (Å²) in [6.07, 6.45) is -1.54. The predicted octanol–water partition coefficient (Wildman–Crippen LogP) is 4.27. The largest absolute Gasteiger partial charge is 0.466 e. The molecule has 0 bridgehead atoms. The van der Waals surface area contributed by atoms with Gasteiger partial charge in [-0.15, -0.1) is 0 Å². The highest BCUT2D eigenvalue weighted by Gasteiger charge is 2.62. The maximum Gasteiger partial charge on any atom is 0.411 e. The van der Waals surface area contributed by atoms with E-state index in [9.17, 15) is 19.2 Å². The van der Waals surface area contributed by atoms with Gasteiger partial charge in [0.15, 0.2) is 0 Å². The fourth-order valence-corrected chi connectivity index (χ4v) is 4.27. The molecular formula is C27H34N2O8. The van der Waals surface area contributed by atoms with E-state index < -0.39 is 53.5 Å². The summed E-state index contributed by atoms with van der Waals surface area (Å²) in [5, 5.41) is 7.05. The smallest absolute Gasteiger partial charge is 0.411 e. The first kappa shape index (κ1) is 27.8. The third-order valence-electron chi connectivity index (χ3n) is 5.82. The van der Waals surface area contributed by atoms with Crippen molar-refractivity contribution in [2.24, 2.45) is 17.8 Å². The zero-order chi connectivity index (χ0) is 27.2. The zero-order valence-corrected chi connectivity index (χ0v) is 21.7. The van der Waals surface area contributed by atoms with Crippen molar-refractivity contribution in [1.29, 1.82) is 0 Å². The van der Waals surface area contributed by atoms with Gasteiger partial charge in [-0.05, 0) is 46.1 Å². The van der Waals surface area contributed by atoms with Crippen LogP contribution in [-0.4, -0.2) is 55.6 Å². The number of hydrogen-bond donors (Lipinski definition) is 2. The summed E-state index contributed by atoms with van der Waals surface area (Å²) in [7, 11) is 0. The molecule has 4 atom stereocenters. The highest BCUT2D eigenvalue weighted by Crippen LogP contribution is 2.50. The number of fused-ring (bicyclic) bond motifs is 1. The molecule has 2 amide bonds. The molecule has 0 spiro atoms. The second-order valence-corrected chi connectivity index (χ2v) is 9.65. The first-order chi connectivity index (χ1) is 17.6. The van der Waals surface area contributed by atoms with Gasteiger partial charge in [-0.1, -0.05) is 36.4 Å². The fourth-order valence-electron chi connectivity index (χ4n) is 4.27. The molecule has 1 aliphatic carbocycles. The van der Waals surface area contributed by atoms with Crippen LogP contribution in [0.3, 0.4) is 0 Å². The predicted molar refractivity (Wildman–Crippen MR) is 136 cm³/mol. The Morgan fingerprint density at radius 1 is 0.892 bits per heavy atom. The molecule has 3 rings (SSSR count). The number of rotatable bonds is 9. The van der Waals surface area contributed by atoms with E-state index >= 15 is 0 Å². The fraction of sp³-hybridized carbons (Fsp3) is 0.481. The number of carbonyl (C=O) groups is 4. The van der Waals surface area contributed by atoms with Crippen LogP contribution in [0.4, 0.5) is 15.3 Å². The van der Waals surface area contributed by atoms with Crippen molar-refractivity contribution in [2.45, 2.75) is 46.3 Å². The van der Waals surface area contributed by atoms with Crippen molar-refractivity contribution in [1.82, 2.24) is 5.32 Å². The second-order valence-electron chi connectivity index (χ2n) is 9.65. The van der Waals surface area contributed by atoms with Gasteiger partial charge in [0.25, 0.3) is 0 Å². The quantitative estimate of drug-likeness (QED) is 0.375. The van der Waals surface area contributed by atoms with E-state index in [1.54, 1.807) is 40.7 Å². The van der Waals surface area contributed by atoms with E-state index in [1.807, 2.05) is 36.4 Å². The van der Waals surface area contributed by atoms with E-state index in [-0.39, 0.29) is 19.8 Å². The van der Waals surface area contributed by atoms with Gasteiger partial charge in [0.1, 0.15) is 11.6 Å². The maximum absolute atomic E-state index is 12.7. The first-order valence-electron chi connectivity index (χ1n) is 12.3. The average Bonchev–Trinajstić information content (AvgIpc) is 3.54. The van der Waals surface area contributed by atoms with Gasteiger partial charge in [-0.2, -0.15) is 0 Å². The molecule has 0 aliphatic heterocycles. The number of nitrogens with one attached hydrogen (secondary N) is 2. The van der Waals surface area contributed by atoms with Gasteiger partial charge < -0.3 is 24.3 Å². The topological polar surface area (TPSA) is 129 Å². The molecule has 0 saturated heterocycles. The molecule has 200 valence electrons. The lowest BCUT2D eigenvalue weighted by molar-refractivity contribution is -0.147. The Balaban J connectivity index is 1.72. The highest BCUT2D eigenvalue weighted by atomic mass is 16.6. The Bertz CT molecular complexity index is 1140. The molecule has 2 aromatic rings. The van der Waals surface area contributed by atoms with Gasteiger partial charge >= 0.3 is 24.1 Å². The van der Waals surface area contributed by atoms with Crippen molar-refractivity contribution in [3.63, 3.8) is 0 Å². The summed E-state index contributed by atoms with van der Waals surface area (Å²) in [4.78, 5) is 50.4. The van der Waals surface area contributed by atoms with E-state index in [0.29, 0.717) is 5.69 Å². The van der Waals surface area contributed by atoms with E-state index in [0.717, 1.165) is 10.8 Å². The lowest BCUT2D eigenvalue weighted by atomic mass is 10.1. The lowest BCUT2D eigenvalue weighted by Gasteiger charge is -2.23. The van der Waals surface area contributed by atoms with E-state index in [1.165, 1.54) is 0 Å². The van der Waals surface area contributed by atoms with Crippen molar-refractivity contribution >= 4 is 40.6 Å². The van der Waals surface area contributed by atoms with Crippen molar-refractivity contribution in [3.8, 4) is 0 Å². The minimum atomic E-state index is -1.18. The van der Waals surface area contributed by atoms with Crippen molar-refractivity contribution < 1.29 is 38.1 Å². The molecule has 0 aromatic heterocycles. The molecule has 37 heavy (non-hydrogen) atoms. The van der Waals surface area contributed by atoms with Crippen molar-refractivity contribution in [3.05, 3.63) is 42.5 Å². The Kier molecular flexibility index (Phi) is 8.96. The van der Waals surface area contributed by atoms with Gasteiger partial charge in [-0.25, -0.2) is 14.4 Å². The third-order valence-corrected chi connectivity index (χ3v) is 5.82. The molecule has 1 aliphatic rings. The Hall–Kier alpha value is -3.82. The Morgan fingerprint density at radius 2 is 1.57 bits per heavy atom. The number of benzene rings is 2. The monoisotopic (exact) mass is 514 g/mol.